The molecule has 202 valence electrons. The number of anilines is 1. The molecule has 0 aliphatic carbocycles. The van der Waals surface area contributed by atoms with Gasteiger partial charge in [-0.25, -0.2) is 12.8 Å². The van der Waals surface area contributed by atoms with E-state index in [2.05, 4.69) is 5.32 Å². The minimum absolute atomic E-state index is 0.00274. The summed E-state index contributed by atoms with van der Waals surface area (Å²) in [5.74, 6) is -1.36. The standard InChI is InChI=1S/C29H34FN3O4S/c1-6-31-29(35)23(5)32(18-24-10-12-25(30)13-11-24)28(34)19-33(26-14-9-21(3)22(4)17-26)38(36,37)27-15-7-20(2)8-16-27/h7-17,23H,6,18-19H2,1-5H3,(H,31,35)/t23-/m0/s1. The number of hydrogen-bond donors (Lipinski definition) is 1. The van der Waals surface area contributed by atoms with E-state index in [0.29, 0.717) is 17.8 Å². The molecule has 0 aliphatic heterocycles. The number of hydrogen-bond acceptors (Lipinski definition) is 4. The Hall–Kier alpha value is -3.72. The van der Waals surface area contributed by atoms with Crippen molar-refractivity contribution >= 4 is 27.5 Å². The van der Waals surface area contributed by atoms with E-state index in [-0.39, 0.29) is 17.3 Å². The highest BCUT2D eigenvalue weighted by atomic mass is 32.2. The predicted molar refractivity (Wildman–Crippen MR) is 147 cm³/mol. The van der Waals surface area contributed by atoms with Crippen molar-refractivity contribution in [2.24, 2.45) is 0 Å². The number of rotatable bonds is 10. The van der Waals surface area contributed by atoms with Crippen molar-refractivity contribution in [1.29, 1.82) is 0 Å². The number of nitrogens with zero attached hydrogens (tertiary/aromatic N) is 2. The van der Waals surface area contributed by atoms with Gasteiger partial charge in [-0.2, -0.15) is 0 Å². The van der Waals surface area contributed by atoms with Gasteiger partial charge in [-0.1, -0.05) is 35.9 Å². The van der Waals surface area contributed by atoms with Crippen LogP contribution < -0.4 is 9.62 Å². The van der Waals surface area contributed by atoms with E-state index < -0.39 is 34.3 Å². The van der Waals surface area contributed by atoms with Crippen LogP contribution >= 0.6 is 0 Å². The molecule has 0 saturated carbocycles. The summed E-state index contributed by atoms with van der Waals surface area (Å²) < 4.78 is 42.2. The van der Waals surface area contributed by atoms with E-state index in [1.165, 1.54) is 41.3 Å². The molecule has 0 bridgehead atoms. The lowest BCUT2D eigenvalue weighted by atomic mass is 10.1. The summed E-state index contributed by atoms with van der Waals surface area (Å²) in [6.07, 6.45) is 0. The van der Waals surface area contributed by atoms with Crippen molar-refractivity contribution in [3.63, 3.8) is 0 Å². The monoisotopic (exact) mass is 539 g/mol. The molecule has 3 rings (SSSR count). The highest BCUT2D eigenvalue weighted by molar-refractivity contribution is 7.92. The van der Waals surface area contributed by atoms with Crippen LogP contribution in [0.25, 0.3) is 0 Å². The number of likely N-dealkylation sites (N-methyl/N-ethyl adjacent to an activating group) is 1. The largest absolute Gasteiger partial charge is 0.355 e. The molecule has 38 heavy (non-hydrogen) atoms. The summed E-state index contributed by atoms with van der Waals surface area (Å²) in [4.78, 5) is 27.9. The minimum atomic E-state index is -4.13. The fourth-order valence-corrected chi connectivity index (χ4v) is 5.34. The van der Waals surface area contributed by atoms with Gasteiger partial charge >= 0.3 is 0 Å². The lowest BCUT2D eigenvalue weighted by Crippen LogP contribution is -2.51. The van der Waals surface area contributed by atoms with Crippen LogP contribution in [0.15, 0.2) is 71.6 Å². The molecule has 9 heteroatoms. The van der Waals surface area contributed by atoms with Crippen LogP contribution in [0.3, 0.4) is 0 Å². The maximum absolute atomic E-state index is 13.8. The van der Waals surface area contributed by atoms with Gasteiger partial charge in [0.05, 0.1) is 10.6 Å². The Labute approximate surface area is 224 Å². The summed E-state index contributed by atoms with van der Waals surface area (Å²) in [6.45, 7) is 8.85. The topological polar surface area (TPSA) is 86.8 Å². The van der Waals surface area contributed by atoms with Gasteiger partial charge in [-0.05, 0) is 87.7 Å². The molecule has 7 nitrogen and oxygen atoms in total. The average Bonchev–Trinajstić information content (AvgIpc) is 2.88. The Balaban J connectivity index is 2.05. The molecule has 0 aliphatic rings. The van der Waals surface area contributed by atoms with Gasteiger partial charge in [0.25, 0.3) is 10.0 Å². The number of halogens is 1. The molecular weight excluding hydrogens is 505 g/mol. The van der Waals surface area contributed by atoms with E-state index in [1.54, 1.807) is 44.2 Å². The van der Waals surface area contributed by atoms with Gasteiger partial charge in [-0.15, -0.1) is 0 Å². The second kappa shape index (κ2) is 12.2. The van der Waals surface area contributed by atoms with Gasteiger partial charge in [0, 0.05) is 13.1 Å². The first-order valence-corrected chi connectivity index (χ1v) is 13.9. The molecule has 0 fully saturated rings. The van der Waals surface area contributed by atoms with Crippen molar-refractivity contribution in [2.75, 3.05) is 17.4 Å². The van der Waals surface area contributed by atoms with Gasteiger partial charge in [0.1, 0.15) is 18.4 Å². The smallest absolute Gasteiger partial charge is 0.264 e. The van der Waals surface area contributed by atoms with Gasteiger partial charge < -0.3 is 10.2 Å². The number of sulfonamides is 1. The van der Waals surface area contributed by atoms with E-state index in [1.807, 2.05) is 20.8 Å². The third-order valence-electron chi connectivity index (χ3n) is 6.45. The van der Waals surface area contributed by atoms with Crippen molar-refractivity contribution in [3.8, 4) is 0 Å². The Kier molecular flexibility index (Phi) is 9.27. The molecular formula is C29H34FN3O4S. The fraction of sp³-hybridized carbons (Fsp3) is 0.310. The van der Waals surface area contributed by atoms with Crippen LogP contribution in [0.5, 0.6) is 0 Å². The normalized spacial score (nSPS) is 12.1. The zero-order valence-corrected chi connectivity index (χ0v) is 23.2. The van der Waals surface area contributed by atoms with Crippen LogP contribution in [0.4, 0.5) is 10.1 Å². The highest BCUT2D eigenvalue weighted by Gasteiger charge is 2.32. The number of nitrogens with one attached hydrogen (secondary N) is 1. The number of benzene rings is 3. The van der Waals surface area contributed by atoms with Crippen molar-refractivity contribution in [2.45, 2.75) is 52.1 Å². The average molecular weight is 540 g/mol. The quantitative estimate of drug-likeness (QED) is 0.411. The first-order valence-electron chi connectivity index (χ1n) is 12.4. The molecule has 0 saturated heterocycles. The minimum Gasteiger partial charge on any atom is -0.355 e. The maximum Gasteiger partial charge on any atom is 0.264 e. The third-order valence-corrected chi connectivity index (χ3v) is 8.24. The number of amides is 2. The molecule has 0 aromatic heterocycles. The van der Waals surface area contributed by atoms with Gasteiger partial charge in [0.15, 0.2) is 0 Å². The number of carbonyl (C=O) groups excluding carboxylic acids is 2. The van der Waals surface area contributed by atoms with Crippen LogP contribution in [0, 0.1) is 26.6 Å². The molecule has 0 spiro atoms. The number of aryl methyl sites for hydroxylation is 3. The van der Waals surface area contributed by atoms with E-state index in [0.717, 1.165) is 21.0 Å². The first-order chi connectivity index (χ1) is 17.9. The van der Waals surface area contributed by atoms with E-state index in [9.17, 15) is 22.4 Å². The van der Waals surface area contributed by atoms with Crippen LogP contribution in [0.1, 0.15) is 36.1 Å². The molecule has 3 aromatic carbocycles. The van der Waals surface area contributed by atoms with Crippen molar-refractivity contribution < 1.29 is 22.4 Å². The second-order valence-electron chi connectivity index (χ2n) is 9.31. The van der Waals surface area contributed by atoms with Crippen LogP contribution in [-0.4, -0.2) is 44.3 Å². The second-order valence-corrected chi connectivity index (χ2v) is 11.2. The summed E-state index contributed by atoms with van der Waals surface area (Å²) in [5, 5.41) is 2.71. The third kappa shape index (κ3) is 6.77. The maximum atomic E-state index is 13.8. The fourth-order valence-electron chi connectivity index (χ4n) is 3.94. The Morgan fingerprint density at radius 2 is 1.55 bits per heavy atom. The molecule has 0 radical (unpaired) electrons. The summed E-state index contributed by atoms with van der Waals surface area (Å²) in [6, 6.07) is 16.3. The molecule has 1 N–H and O–H groups in total. The molecule has 0 unspecified atom stereocenters. The molecule has 3 aromatic rings. The van der Waals surface area contributed by atoms with Crippen molar-refractivity contribution in [3.05, 3.63) is 94.8 Å². The van der Waals surface area contributed by atoms with Gasteiger partial charge in [-0.3, -0.25) is 13.9 Å². The predicted octanol–water partition coefficient (Wildman–Crippen LogP) is 4.50. The number of carbonyl (C=O) groups is 2. The first kappa shape index (κ1) is 28.8. The Morgan fingerprint density at radius 3 is 2.13 bits per heavy atom. The van der Waals surface area contributed by atoms with Gasteiger partial charge in [0.2, 0.25) is 11.8 Å². The van der Waals surface area contributed by atoms with E-state index >= 15 is 0 Å². The summed E-state index contributed by atoms with van der Waals surface area (Å²) >= 11 is 0. The zero-order valence-electron chi connectivity index (χ0n) is 22.4. The molecule has 1 atom stereocenters. The summed E-state index contributed by atoms with van der Waals surface area (Å²) in [5.41, 5.74) is 3.71. The SMILES string of the molecule is CCNC(=O)[C@H](C)N(Cc1ccc(F)cc1)C(=O)CN(c1ccc(C)c(C)c1)S(=O)(=O)c1ccc(C)cc1. The highest BCUT2D eigenvalue weighted by Crippen LogP contribution is 2.27. The molecule has 0 heterocycles. The summed E-state index contributed by atoms with van der Waals surface area (Å²) in [7, 11) is -4.13. The zero-order chi connectivity index (χ0) is 28.0. The van der Waals surface area contributed by atoms with E-state index in [4.69, 9.17) is 0 Å². The molecule has 2 amide bonds. The Bertz CT molecular complexity index is 1390. The van der Waals surface area contributed by atoms with Crippen LogP contribution in [0.2, 0.25) is 0 Å². The van der Waals surface area contributed by atoms with Crippen molar-refractivity contribution in [1.82, 2.24) is 10.2 Å². The lowest BCUT2D eigenvalue weighted by molar-refractivity contribution is -0.139. The Morgan fingerprint density at radius 1 is 0.921 bits per heavy atom. The lowest BCUT2D eigenvalue weighted by Gasteiger charge is -2.32. The van der Waals surface area contributed by atoms with Crippen LogP contribution in [-0.2, 0) is 26.2 Å².